The quantitative estimate of drug-likeness (QED) is 0.744. The average Bonchev–Trinajstić information content (AvgIpc) is 2.88. The van der Waals surface area contributed by atoms with Crippen molar-refractivity contribution in [2.75, 3.05) is 30.8 Å². The van der Waals surface area contributed by atoms with Crippen molar-refractivity contribution in [1.82, 2.24) is 4.98 Å². The second-order valence-electron chi connectivity index (χ2n) is 4.42. The fraction of sp³-hybridized carbons (Fsp3) is 0.615. The molecule has 1 heterocycles. The molecule has 0 unspecified atom stereocenters. The normalized spacial score (nSPS) is 16.1. The van der Waals surface area contributed by atoms with Gasteiger partial charge in [0.2, 0.25) is 0 Å². The summed E-state index contributed by atoms with van der Waals surface area (Å²) < 4.78 is 5.78. The van der Waals surface area contributed by atoms with Crippen molar-refractivity contribution in [2.45, 2.75) is 31.8 Å². The first-order valence-electron chi connectivity index (χ1n) is 6.37. The minimum Gasteiger partial charge on any atom is -0.387 e. The molecule has 4 nitrogen and oxygen atoms in total. The first kappa shape index (κ1) is 12.2. The van der Waals surface area contributed by atoms with Gasteiger partial charge in [-0.1, -0.05) is 12.8 Å². The van der Waals surface area contributed by atoms with Crippen molar-refractivity contribution < 1.29 is 4.74 Å². The van der Waals surface area contributed by atoms with E-state index < -0.39 is 0 Å². The van der Waals surface area contributed by atoms with Crippen LogP contribution in [0.5, 0.6) is 0 Å². The van der Waals surface area contributed by atoms with Gasteiger partial charge in [-0.3, -0.25) is 4.98 Å². The minimum absolute atomic E-state index is 0.499. The maximum Gasteiger partial charge on any atom is 0.0642 e. The van der Waals surface area contributed by atoms with Gasteiger partial charge in [0, 0.05) is 13.6 Å². The number of hydrogen-bond acceptors (Lipinski definition) is 4. The first-order valence-corrected chi connectivity index (χ1v) is 6.37. The zero-order valence-corrected chi connectivity index (χ0v) is 10.4. The van der Waals surface area contributed by atoms with Crippen LogP contribution in [0.4, 0.5) is 11.4 Å². The van der Waals surface area contributed by atoms with Gasteiger partial charge >= 0.3 is 0 Å². The maximum absolute atomic E-state index is 5.78. The van der Waals surface area contributed by atoms with Crippen molar-refractivity contribution >= 4 is 11.4 Å². The topological polar surface area (TPSA) is 46.2 Å². The molecule has 4 heteroatoms. The van der Waals surface area contributed by atoms with Gasteiger partial charge < -0.3 is 15.4 Å². The van der Waals surface area contributed by atoms with Crippen LogP contribution in [0, 0.1) is 0 Å². The Morgan fingerprint density at radius 1 is 1.29 bits per heavy atom. The highest BCUT2D eigenvalue weighted by Gasteiger charge is 2.14. The third-order valence-corrected chi connectivity index (χ3v) is 3.11. The molecule has 0 atom stereocenters. The predicted octanol–water partition coefficient (Wildman–Crippen LogP) is 2.49. The number of anilines is 2. The minimum atomic E-state index is 0.499. The summed E-state index contributed by atoms with van der Waals surface area (Å²) in [5, 5.41) is 6.38. The summed E-state index contributed by atoms with van der Waals surface area (Å²) in [6.45, 7) is 1.61. The molecule has 1 fully saturated rings. The second kappa shape index (κ2) is 6.45. The van der Waals surface area contributed by atoms with Crippen LogP contribution in [0.15, 0.2) is 18.5 Å². The summed E-state index contributed by atoms with van der Waals surface area (Å²) in [5.74, 6) is 0. The molecule has 17 heavy (non-hydrogen) atoms. The molecule has 0 spiro atoms. The Bertz CT molecular complexity index is 337. The van der Waals surface area contributed by atoms with Crippen LogP contribution in [0.1, 0.15) is 25.7 Å². The summed E-state index contributed by atoms with van der Waals surface area (Å²) in [7, 11) is 1.89. The zero-order valence-electron chi connectivity index (χ0n) is 10.4. The summed E-state index contributed by atoms with van der Waals surface area (Å²) in [6.07, 6.45) is 9.25. The molecule has 0 bridgehead atoms. The van der Waals surface area contributed by atoms with Crippen molar-refractivity contribution in [2.24, 2.45) is 0 Å². The fourth-order valence-electron chi connectivity index (χ4n) is 2.15. The van der Waals surface area contributed by atoms with E-state index in [0.29, 0.717) is 6.10 Å². The molecule has 1 aliphatic carbocycles. The average molecular weight is 235 g/mol. The molecular weight excluding hydrogens is 214 g/mol. The monoisotopic (exact) mass is 235 g/mol. The second-order valence-corrected chi connectivity index (χ2v) is 4.42. The molecule has 2 rings (SSSR count). The van der Waals surface area contributed by atoms with Crippen LogP contribution >= 0.6 is 0 Å². The van der Waals surface area contributed by atoms with Crippen molar-refractivity contribution in [3.63, 3.8) is 0 Å². The Kier molecular flexibility index (Phi) is 4.62. The predicted molar refractivity (Wildman–Crippen MR) is 70.5 cm³/mol. The van der Waals surface area contributed by atoms with Crippen LogP contribution < -0.4 is 10.6 Å². The summed E-state index contributed by atoms with van der Waals surface area (Å²) in [6, 6.07) is 2.04. The molecule has 1 aromatic rings. The largest absolute Gasteiger partial charge is 0.387 e. The number of rotatable bonds is 6. The Labute approximate surface area is 103 Å². The third kappa shape index (κ3) is 3.89. The van der Waals surface area contributed by atoms with Gasteiger partial charge in [-0.15, -0.1) is 0 Å². The van der Waals surface area contributed by atoms with Gasteiger partial charge in [0.15, 0.2) is 0 Å². The number of nitrogens with zero attached hydrogens (tertiary/aromatic N) is 1. The molecule has 0 aromatic carbocycles. The fourth-order valence-corrected chi connectivity index (χ4v) is 2.15. The number of hydrogen-bond donors (Lipinski definition) is 2. The van der Waals surface area contributed by atoms with Crippen LogP contribution in [0.2, 0.25) is 0 Å². The van der Waals surface area contributed by atoms with Gasteiger partial charge in [-0.2, -0.15) is 0 Å². The van der Waals surface area contributed by atoms with Crippen LogP contribution in [0.3, 0.4) is 0 Å². The van der Waals surface area contributed by atoms with Gasteiger partial charge in [0.05, 0.1) is 36.5 Å². The van der Waals surface area contributed by atoms with Gasteiger partial charge in [-0.05, 0) is 18.9 Å². The molecule has 0 amide bonds. The SMILES string of the molecule is CNc1cncc(NCCOC2CCCC2)c1. The highest BCUT2D eigenvalue weighted by Crippen LogP contribution is 2.20. The number of pyridine rings is 1. The van der Waals surface area contributed by atoms with Gasteiger partial charge in [0.25, 0.3) is 0 Å². The van der Waals surface area contributed by atoms with E-state index in [1.807, 2.05) is 19.3 Å². The zero-order chi connectivity index (χ0) is 11.9. The van der Waals surface area contributed by atoms with Gasteiger partial charge in [-0.25, -0.2) is 0 Å². The Hall–Kier alpha value is -1.29. The van der Waals surface area contributed by atoms with Gasteiger partial charge in [0.1, 0.15) is 0 Å². The van der Waals surface area contributed by atoms with E-state index in [2.05, 4.69) is 15.6 Å². The summed E-state index contributed by atoms with van der Waals surface area (Å²) >= 11 is 0. The highest BCUT2D eigenvalue weighted by molar-refractivity contribution is 5.53. The van der Waals surface area contributed by atoms with Crippen molar-refractivity contribution in [3.8, 4) is 0 Å². The third-order valence-electron chi connectivity index (χ3n) is 3.11. The highest BCUT2D eigenvalue weighted by atomic mass is 16.5. The van der Waals surface area contributed by atoms with Crippen molar-refractivity contribution in [1.29, 1.82) is 0 Å². The smallest absolute Gasteiger partial charge is 0.0642 e. The summed E-state index contributed by atoms with van der Waals surface area (Å²) in [5.41, 5.74) is 2.05. The number of aromatic nitrogens is 1. The first-order chi connectivity index (χ1) is 8.38. The Morgan fingerprint density at radius 3 is 2.82 bits per heavy atom. The molecule has 0 radical (unpaired) electrons. The van der Waals surface area contributed by atoms with E-state index in [1.165, 1.54) is 25.7 Å². The lowest BCUT2D eigenvalue weighted by Gasteiger charge is -2.12. The molecule has 1 saturated carbocycles. The molecule has 0 aliphatic heterocycles. The number of ether oxygens (including phenoxy) is 1. The Balaban J connectivity index is 1.66. The van der Waals surface area contributed by atoms with Crippen LogP contribution in [0.25, 0.3) is 0 Å². The lowest BCUT2D eigenvalue weighted by Crippen LogP contribution is -2.15. The van der Waals surface area contributed by atoms with E-state index in [1.54, 1.807) is 6.20 Å². The molecule has 2 N–H and O–H groups in total. The van der Waals surface area contributed by atoms with Crippen molar-refractivity contribution in [3.05, 3.63) is 18.5 Å². The molecule has 0 saturated heterocycles. The van der Waals surface area contributed by atoms with E-state index >= 15 is 0 Å². The van der Waals surface area contributed by atoms with Crippen LogP contribution in [-0.2, 0) is 4.74 Å². The molecule has 1 aliphatic rings. The van der Waals surface area contributed by atoms with Crippen LogP contribution in [-0.4, -0.2) is 31.3 Å². The molecular formula is C13H21N3O. The van der Waals surface area contributed by atoms with E-state index in [0.717, 1.165) is 24.5 Å². The number of nitrogens with one attached hydrogen (secondary N) is 2. The standard InChI is InChI=1S/C13H21N3O/c1-14-11-8-12(10-15-9-11)16-6-7-17-13-4-2-3-5-13/h8-10,13-14,16H,2-7H2,1H3. The van der Waals surface area contributed by atoms with E-state index in [4.69, 9.17) is 4.74 Å². The van der Waals surface area contributed by atoms with E-state index in [-0.39, 0.29) is 0 Å². The lowest BCUT2D eigenvalue weighted by atomic mass is 10.3. The van der Waals surface area contributed by atoms with E-state index in [9.17, 15) is 0 Å². The molecule has 94 valence electrons. The molecule has 1 aromatic heterocycles. The maximum atomic E-state index is 5.78. The lowest BCUT2D eigenvalue weighted by molar-refractivity contribution is 0.0659. The summed E-state index contributed by atoms with van der Waals surface area (Å²) in [4.78, 5) is 4.15. The Morgan fingerprint density at radius 2 is 2.06 bits per heavy atom.